The molecule has 1 aromatic heterocycles. The van der Waals surface area contributed by atoms with E-state index in [9.17, 15) is 4.79 Å². The number of carbonyl (C=O) groups excluding carboxylic acids is 1. The number of hydrogen-bond donors (Lipinski definition) is 2. The summed E-state index contributed by atoms with van der Waals surface area (Å²) in [5.41, 5.74) is 0.575. The van der Waals surface area contributed by atoms with Crippen LogP contribution in [-0.4, -0.2) is 18.5 Å². The van der Waals surface area contributed by atoms with Crippen LogP contribution in [0.1, 0.15) is 19.4 Å². The summed E-state index contributed by atoms with van der Waals surface area (Å²) in [7, 11) is 1.78. The summed E-state index contributed by atoms with van der Waals surface area (Å²) in [5, 5.41) is 8.76. The molecular weight excluding hydrogens is 196 g/mol. The van der Waals surface area contributed by atoms with Gasteiger partial charge in [-0.05, 0) is 44.8 Å². The van der Waals surface area contributed by atoms with Crippen LogP contribution in [0.4, 0.5) is 5.00 Å². The molecule has 1 heterocycles. The Hall–Kier alpha value is -0.870. The lowest BCUT2D eigenvalue weighted by atomic mass is 10.1. The van der Waals surface area contributed by atoms with Crippen LogP contribution in [0.2, 0.25) is 0 Å². The molecule has 3 nitrogen and oxygen atoms in total. The Morgan fingerprint density at radius 3 is 2.57 bits per heavy atom. The molecule has 0 bridgehead atoms. The molecule has 0 aliphatic heterocycles. The summed E-state index contributed by atoms with van der Waals surface area (Å²) in [6.07, 6.45) is 0. The lowest BCUT2D eigenvalue weighted by molar-refractivity contribution is -0.121. The molecule has 0 aliphatic carbocycles. The number of hydrogen-bond acceptors (Lipinski definition) is 3. The zero-order valence-corrected chi connectivity index (χ0v) is 9.79. The minimum atomic E-state index is -0.531. The van der Waals surface area contributed by atoms with Crippen molar-refractivity contribution in [2.45, 2.75) is 26.3 Å². The number of nitrogens with one attached hydrogen (secondary N) is 2. The van der Waals surface area contributed by atoms with Crippen molar-refractivity contribution in [3.63, 3.8) is 0 Å². The van der Waals surface area contributed by atoms with Crippen LogP contribution in [-0.2, 0) is 4.79 Å². The van der Waals surface area contributed by atoms with E-state index in [1.807, 2.05) is 32.2 Å². The van der Waals surface area contributed by atoms with E-state index in [1.54, 1.807) is 18.4 Å². The lowest BCUT2D eigenvalue weighted by Gasteiger charge is -2.22. The molecule has 0 unspecified atom stereocenters. The fraction of sp³-hybridized carbons (Fsp3) is 0.500. The highest BCUT2D eigenvalue weighted by atomic mass is 32.1. The van der Waals surface area contributed by atoms with E-state index in [4.69, 9.17) is 0 Å². The van der Waals surface area contributed by atoms with Gasteiger partial charge in [-0.2, -0.15) is 0 Å². The highest BCUT2D eigenvalue weighted by molar-refractivity contribution is 7.14. The van der Waals surface area contributed by atoms with Gasteiger partial charge >= 0.3 is 0 Å². The molecule has 0 spiro atoms. The number of aryl methyl sites for hydroxylation is 1. The van der Waals surface area contributed by atoms with Gasteiger partial charge in [0.2, 0.25) is 5.91 Å². The molecule has 0 radical (unpaired) electrons. The van der Waals surface area contributed by atoms with Crippen molar-refractivity contribution in [3.05, 3.63) is 17.0 Å². The molecule has 14 heavy (non-hydrogen) atoms. The van der Waals surface area contributed by atoms with Crippen LogP contribution < -0.4 is 10.6 Å². The second-order valence-corrected chi connectivity index (χ2v) is 4.68. The molecule has 0 fully saturated rings. The zero-order valence-electron chi connectivity index (χ0n) is 8.97. The van der Waals surface area contributed by atoms with E-state index in [2.05, 4.69) is 10.6 Å². The van der Waals surface area contributed by atoms with Crippen LogP contribution in [0.25, 0.3) is 0 Å². The molecule has 0 saturated carbocycles. The number of likely N-dealkylation sites (N-methyl/N-ethyl adjacent to an activating group) is 1. The van der Waals surface area contributed by atoms with Crippen molar-refractivity contribution in [2.75, 3.05) is 12.4 Å². The van der Waals surface area contributed by atoms with E-state index >= 15 is 0 Å². The van der Waals surface area contributed by atoms with Gasteiger partial charge in [0.25, 0.3) is 0 Å². The van der Waals surface area contributed by atoms with Crippen LogP contribution in [0.5, 0.6) is 0 Å². The van der Waals surface area contributed by atoms with Crippen molar-refractivity contribution in [2.24, 2.45) is 0 Å². The molecule has 2 N–H and O–H groups in total. The van der Waals surface area contributed by atoms with Gasteiger partial charge in [0, 0.05) is 0 Å². The molecule has 1 amide bonds. The van der Waals surface area contributed by atoms with Gasteiger partial charge in [-0.15, -0.1) is 11.3 Å². The molecule has 78 valence electrons. The highest BCUT2D eigenvalue weighted by Gasteiger charge is 2.25. The van der Waals surface area contributed by atoms with Gasteiger partial charge in [-0.3, -0.25) is 4.79 Å². The van der Waals surface area contributed by atoms with Crippen LogP contribution in [0.3, 0.4) is 0 Å². The van der Waals surface area contributed by atoms with E-state index in [0.29, 0.717) is 0 Å². The van der Waals surface area contributed by atoms with Crippen LogP contribution in [0, 0.1) is 6.92 Å². The maximum absolute atomic E-state index is 11.7. The first-order valence-electron chi connectivity index (χ1n) is 4.52. The minimum absolute atomic E-state index is 0.00875. The molecular formula is C10H16N2OS. The smallest absolute Gasteiger partial charge is 0.244 e. The molecule has 0 aliphatic rings. The Morgan fingerprint density at radius 2 is 2.14 bits per heavy atom. The summed E-state index contributed by atoms with van der Waals surface area (Å²) in [6, 6.07) is 1.99. The standard InChI is InChI=1S/C10H16N2OS/c1-7-5-6-14-8(7)12-9(13)10(2,3)11-4/h5-6,11H,1-4H3,(H,12,13). The third kappa shape index (κ3) is 2.33. The SMILES string of the molecule is CNC(C)(C)C(=O)Nc1sccc1C. The quantitative estimate of drug-likeness (QED) is 0.804. The van der Waals surface area contributed by atoms with Gasteiger partial charge in [-0.25, -0.2) is 0 Å². The first kappa shape index (κ1) is 11.2. The fourth-order valence-electron chi connectivity index (χ4n) is 0.874. The number of anilines is 1. The van der Waals surface area contributed by atoms with Gasteiger partial charge in [0.15, 0.2) is 0 Å². The summed E-state index contributed by atoms with van der Waals surface area (Å²) < 4.78 is 0. The Bertz CT molecular complexity index is 331. The van der Waals surface area contributed by atoms with E-state index in [0.717, 1.165) is 10.6 Å². The van der Waals surface area contributed by atoms with Crippen molar-refractivity contribution >= 4 is 22.2 Å². The lowest BCUT2D eigenvalue weighted by Crippen LogP contribution is -2.47. The molecule has 0 aromatic carbocycles. The van der Waals surface area contributed by atoms with E-state index < -0.39 is 5.54 Å². The summed E-state index contributed by atoms with van der Waals surface area (Å²) in [5.74, 6) is -0.00875. The van der Waals surface area contributed by atoms with Gasteiger partial charge in [0.05, 0.1) is 10.5 Å². The minimum Gasteiger partial charge on any atom is -0.316 e. The maximum atomic E-state index is 11.7. The maximum Gasteiger partial charge on any atom is 0.244 e. The molecule has 0 atom stereocenters. The van der Waals surface area contributed by atoms with Gasteiger partial charge in [0.1, 0.15) is 0 Å². The number of thiophene rings is 1. The molecule has 4 heteroatoms. The summed E-state index contributed by atoms with van der Waals surface area (Å²) >= 11 is 1.54. The van der Waals surface area contributed by atoms with Crippen molar-refractivity contribution in [3.8, 4) is 0 Å². The normalized spacial score (nSPS) is 11.4. The predicted octanol–water partition coefficient (Wildman–Crippen LogP) is 1.99. The Morgan fingerprint density at radius 1 is 1.50 bits per heavy atom. The Kier molecular flexibility index (Phi) is 3.29. The van der Waals surface area contributed by atoms with E-state index in [1.165, 1.54) is 0 Å². The van der Waals surface area contributed by atoms with Crippen molar-refractivity contribution < 1.29 is 4.79 Å². The number of rotatable bonds is 3. The summed E-state index contributed by atoms with van der Waals surface area (Å²) in [4.78, 5) is 11.7. The third-order valence-corrected chi connectivity index (χ3v) is 3.21. The first-order valence-corrected chi connectivity index (χ1v) is 5.40. The molecule has 1 aromatic rings. The number of amides is 1. The second kappa shape index (κ2) is 4.11. The largest absolute Gasteiger partial charge is 0.316 e. The topological polar surface area (TPSA) is 41.1 Å². The predicted molar refractivity (Wildman–Crippen MR) is 60.8 cm³/mol. The monoisotopic (exact) mass is 212 g/mol. The first-order chi connectivity index (χ1) is 6.47. The fourth-order valence-corrected chi connectivity index (χ4v) is 1.69. The third-order valence-electron chi connectivity index (χ3n) is 2.28. The zero-order chi connectivity index (χ0) is 10.8. The molecule has 0 saturated heterocycles. The summed E-state index contributed by atoms with van der Waals surface area (Å²) in [6.45, 7) is 5.69. The van der Waals surface area contributed by atoms with Gasteiger partial charge in [-0.1, -0.05) is 0 Å². The van der Waals surface area contributed by atoms with Crippen molar-refractivity contribution in [1.82, 2.24) is 5.32 Å². The van der Waals surface area contributed by atoms with Crippen molar-refractivity contribution in [1.29, 1.82) is 0 Å². The highest BCUT2D eigenvalue weighted by Crippen LogP contribution is 2.22. The molecule has 1 rings (SSSR count). The van der Waals surface area contributed by atoms with Gasteiger partial charge < -0.3 is 10.6 Å². The van der Waals surface area contributed by atoms with E-state index in [-0.39, 0.29) is 5.91 Å². The van der Waals surface area contributed by atoms with Crippen LogP contribution >= 0.6 is 11.3 Å². The average molecular weight is 212 g/mol. The second-order valence-electron chi connectivity index (χ2n) is 3.76. The number of carbonyl (C=O) groups is 1. The van der Waals surface area contributed by atoms with Crippen LogP contribution in [0.15, 0.2) is 11.4 Å². The Labute approximate surface area is 88.5 Å². The average Bonchev–Trinajstić information content (AvgIpc) is 2.52. The Balaban J connectivity index is 2.71.